The average Bonchev–Trinajstić information content (AvgIpc) is 2.80. The van der Waals surface area contributed by atoms with Crippen LogP contribution in [0.1, 0.15) is 19.8 Å². The molecule has 2 fully saturated rings. The van der Waals surface area contributed by atoms with Gasteiger partial charge in [-0.1, -0.05) is 6.08 Å². The summed E-state index contributed by atoms with van der Waals surface area (Å²) in [4.78, 5) is 25.0. The maximum atomic E-state index is 11.8. The Morgan fingerprint density at radius 2 is 2.47 bits per heavy atom. The Balaban J connectivity index is 2.13. The van der Waals surface area contributed by atoms with Gasteiger partial charge in [-0.15, -0.1) is 6.58 Å². The fraction of sp³-hybridized carbons (Fsp3) is 0.667. The number of rotatable bonds is 3. The van der Waals surface area contributed by atoms with Gasteiger partial charge in [0, 0.05) is 13.0 Å². The number of ether oxygens (including phenoxy) is 2. The highest BCUT2D eigenvalue weighted by atomic mass is 16.6. The van der Waals surface area contributed by atoms with Crippen molar-refractivity contribution in [2.45, 2.75) is 31.9 Å². The molecule has 2 saturated heterocycles. The summed E-state index contributed by atoms with van der Waals surface area (Å²) in [6, 6.07) is -0.181. The van der Waals surface area contributed by atoms with E-state index in [1.165, 1.54) is 0 Å². The highest BCUT2D eigenvalue weighted by Gasteiger charge is 2.52. The van der Waals surface area contributed by atoms with Crippen LogP contribution in [-0.4, -0.2) is 42.3 Å². The summed E-state index contributed by atoms with van der Waals surface area (Å²) < 4.78 is 10.3. The molecule has 5 heteroatoms. The second kappa shape index (κ2) is 4.77. The number of carbonyl (C=O) groups excluding carboxylic acids is 2. The van der Waals surface area contributed by atoms with Gasteiger partial charge in [0.1, 0.15) is 6.10 Å². The molecule has 0 saturated carbocycles. The molecule has 2 heterocycles. The van der Waals surface area contributed by atoms with Crippen molar-refractivity contribution in [2.75, 3.05) is 13.2 Å². The van der Waals surface area contributed by atoms with Crippen LogP contribution < -0.4 is 0 Å². The zero-order chi connectivity index (χ0) is 12.4. The van der Waals surface area contributed by atoms with E-state index in [4.69, 9.17) is 9.47 Å². The Morgan fingerprint density at radius 1 is 1.71 bits per heavy atom. The third kappa shape index (κ3) is 2.01. The van der Waals surface area contributed by atoms with E-state index in [1.54, 1.807) is 17.9 Å². The lowest BCUT2D eigenvalue weighted by Crippen LogP contribution is -2.42. The van der Waals surface area contributed by atoms with E-state index in [0.29, 0.717) is 26.0 Å². The summed E-state index contributed by atoms with van der Waals surface area (Å²) in [6.45, 7) is 6.34. The van der Waals surface area contributed by atoms with Gasteiger partial charge < -0.3 is 14.4 Å². The summed E-state index contributed by atoms with van der Waals surface area (Å²) in [6.07, 6.45) is 2.40. The molecule has 0 N–H and O–H groups in total. The van der Waals surface area contributed by atoms with Crippen molar-refractivity contribution in [1.82, 2.24) is 4.90 Å². The number of amides is 1. The van der Waals surface area contributed by atoms with Crippen molar-refractivity contribution < 1.29 is 19.1 Å². The quantitative estimate of drug-likeness (QED) is 0.551. The highest BCUT2D eigenvalue weighted by molar-refractivity contribution is 5.79. The maximum absolute atomic E-state index is 11.8. The third-order valence-corrected chi connectivity index (χ3v) is 3.30. The molecule has 0 aromatic rings. The van der Waals surface area contributed by atoms with Gasteiger partial charge in [-0.05, 0) is 13.3 Å². The minimum absolute atomic E-state index is 0.170. The largest absolute Gasteiger partial charge is 0.460 e. The molecular weight excluding hydrogens is 222 g/mol. The lowest BCUT2D eigenvalue weighted by atomic mass is 9.96. The first-order valence-corrected chi connectivity index (χ1v) is 5.93. The molecule has 2 rings (SSSR count). The molecule has 5 nitrogen and oxygen atoms in total. The Bertz CT molecular complexity index is 341. The van der Waals surface area contributed by atoms with E-state index in [2.05, 4.69) is 6.58 Å². The zero-order valence-electron chi connectivity index (χ0n) is 9.93. The smallest absolute Gasteiger partial charge is 0.410 e. The van der Waals surface area contributed by atoms with Gasteiger partial charge in [0.25, 0.3) is 0 Å². The van der Waals surface area contributed by atoms with Crippen LogP contribution >= 0.6 is 0 Å². The molecule has 0 bridgehead atoms. The van der Waals surface area contributed by atoms with Crippen LogP contribution in [0.2, 0.25) is 0 Å². The topological polar surface area (TPSA) is 55.8 Å². The first-order chi connectivity index (χ1) is 8.19. The minimum Gasteiger partial charge on any atom is -0.460 e. The van der Waals surface area contributed by atoms with Gasteiger partial charge >= 0.3 is 12.1 Å². The van der Waals surface area contributed by atoms with Gasteiger partial charge in [-0.25, -0.2) is 4.79 Å². The van der Waals surface area contributed by atoms with Gasteiger partial charge in [-0.3, -0.25) is 4.79 Å². The first-order valence-electron chi connectivity index (χ1n) is 5.93. The number of hydrogen-bond donors (Lipinski definition) is 0. The molecule has 0 radical (unpaired) electrons. The lowest BCUT2D eigenvalue weighted by Gasteiger charge is -2.24. The number of carbonyl (C=O) groups is 2. The van der Waals surface area contributed by atoms with Crippen LogP contribution in [-0.2, 0) is 14.3 Å². The second-order valence-corrected chi connectivity index (χ2v) is 4.28. The molecule has 1 amide bonds. The van der Waals surface area contributed by atoms with Crippen LogP contribution in [0, 0.1) is 5.92 Å². The molecule has 0 unspecified atom stereocenters. The van der Waals surface area contributed by atoms with Gasteiger partial charge in [-0.2, -0.15) is 0 Å². The monoisotopic (exact) mass is 239 g/mol. The standard InChI is InChI=1S/C12H17NO4/c1-3-5-8-10-9(17-11(8)14)6-7-13(10)12(15)16-4-2/h3,8-10H,1,4-7H2,2H3/t8-,9+,10-/m0/s1. The molecule has 0 aliphatic carbocycles. The van der Waals surface area contributed by atoms with Crippen molar-refractivity contribution in [3.63, 3.8) is 0 Å². The SMILES string of the molecule is C=CC[C@@H]1C(=O)O[C@@H]2CCN(C(=O)OCC)[C@@H]12. The maximum Gasteiger partial charge on any atom is 0.410 e. The van der Waals surface area contributed by atoms with Gasteiger partial charge in [0.05, 0.1) is 18.6 Å². The number of nitrogens with zero attached hydrogens (tertiary/aromatic N) is 1. The lowest BCUT2D eigenvalue weighted by molar-refractivity contribution is -0.144. The molecule has 0 aromatic carbocycles. The Kier molecular flexibility index (Phi) is 3.36. The van der Waals surface area contributed by atoms with Crippen molar-refractivity contribution in [1.29, 1.82) is 0 Å². The summed E-state index contributed by atoms with van der Waals surface area (Å²) >= 11 is 0. The van der Waals surface area contributed by atoms with Crippen LogP contribution in [0.4, 0.5) is 4.79 Å². The van der Waals surface area contributed by atoms with E-state index >= 15 is 0 Å². The van der Waals surface area contributed by atoms with Gasteiger partial charge in [0.2, 0.25) is 0 Å². The first kappa shape index (κ1) is 12.0. The van der Waals surface area contributed by atoms with Crippen LogP contribution in [0.15, 0.2) is 12.7 Å². The van der Waals surface area contributed by atoms with Gasteiger partial charge in [0.15, 0.2) is 0 Å². The number of esters is 1. The minimum atomic E-state index is -0.354. The predicted octanol–water partition coefficient (Wildman–Crippen LogP) is 1.33. The normalized spacial score (nSPS) is 31.0. The fourth-order valence-electron chi connectivity index (χ4n) is 2.60. The molecule has 17 heavy (non-hydrogen) atoms. The van der Waals surface area contributed by atoms with Crippen LogP contribution in [0.25, 0.3) is 0 Å². The van der Waals surface area contributed by atoms with Crippen molar-refractivity contribution in [2.24, 2.45) is 5.92 Å². The molecule has 0 spiro atoms. The Morgan fingerprint density at radius 3 is 3.12 bits per heavy atom. The summed E-state index contributed by atoms with van der Waals surface area (Å²) in [5.74, 6) is -0.515. The number of likely N-dealkylation sites (tertiary alicyclic amines) is 1. The van der Waals surface area contributed by atoms with E-state index in [-0.39, 0.29) is 30.1 Å². The van der Waals surface area contributed by atoms with Crippen molar-refractivity contribution in [3.05, 3.63) is 12.7 Å². The zero-order valence-corrected chi connectivity index (χ0v) is 9.93. The van der Waals surface area contributed by atoms with E-state index in [1.807, 2.05) is 0 Å². The van der Waals surface area contributed by atoms with Crippen molar-refractivity contribution >= 4 is 12.1 Å². The average molecular weight is 239 g/mol. The summed E-state index contributed by atoms with van der Waals surface area (Å²) in [7, 11) is 0. The molecule has 0 aromatic heterocycles. The summed E-state index contributed by atoms with van der Waals surface area (Å²) in [5.41, 5.74) is 0. The Hall–Kier alpha value is -1.52. The fourth-order valence-corrected chi connectivity index (χ4v) is 2.60. The molecule has 2 aliphatic heterocycles. The van der Waals surface area contributed by atoms with E-state index in [0.717, 1.165) is 0 Å². The van der Waals surface area contributed by atoms with E-state index in [9.17, 15) is 9.59 Å². The van der Waals surface area contributed by atoms with Crippen LogP contribution in [0.3, 0.4) is 0 Å². The van der Waals surface area contributed by atoms with Crippen LogP contribution in [0.5, 0.6) is 0 Å². The van der Waals surface area contributed by atoms with E-state index < -0.39 is 0 Å². The number of allylic oxidation sites excluding steroid dienone is 1. The van der Waals surface area contributed by atoms with Crippen molar-refractivity contribution in [3.8, 4) is 0 Å². The number of hydrogen-bond acceptors (Lipinski definition) is 4. The molecule has 3 atom stereocenters. The molecular formula is C12H17NO4. The highest BCUT2D eigenvalue weighted by Crippen LogP contribution is 2.36. The predicted molar refractivity (Wildman–Crippen MR) is 60.3 cm³/mol. The molecule has 2 aliphatic rings. The summed E-state index contributed by atoms with van der Waals surface area (Å²) in [5, 5.41) is 0. The second-order valence-electron chi connectivity index (χ2n) is 4.28. The molecule has 94 valence electrons. The number of fused-ring (bicyclic) bond motifs is 1. The third-order valence-electron chi connectivity index (χ3n) is 3.30. The Labute approximate surface area is 100 Å².